The molecule has 2 unspecified atom stereocenters. The Morgan fingerprint density at radius 3 is 2.75 bits per heavy atom. The van der Waals surface area contributed by atoms with Gasteiger partial charge in [0.2, 0.25) is 5.82 Å². The van der Waals surface area contributed by atoms with Gasteiger partial charge >= 0.3 is 5.69 Å². The van der Waals surface area contributed by atoms with Crippen molar-refractivity contribution in [1.29, 1.82) is 0 Å². The second-order valence-corrected chi connectivity index (χ2v) is 7.11. The van der Waals surface area contributed by atoms with Crippen LogP contribution in [0.2, 0.25) is 0 Å². The van der Waals surface area contributed by atoms with Gasteiger partial charge in [0.25, 0.3) is 11.8 Å². The lowest BCUT2D eigenvalue weighted by atomic mass is 9.68. The molecule has 132 valence electrons. The van der Waals surface area contributed by atoms with Crippen LogP contribution in [0.3, 0.4) is 0 Å². The van der Waals surface area contributed by atoms with Crippen molar-refractivity contribution in [3.63, 3.8) is 0 Å². The zero-order valence-electron chi connectivity index (χ0n) is 13.9. The molecule has 0 radical (unpaired) electrons. The molecule has 1 heterocycles. The van der Waals surface area contributed by atoms with Gasteiger partial charge in [0.1, 0.15) is 0 Å². The van der Waals surface area contributed by atoms with Crippen LogP contribution >= 0.6 is 0 Å². The average Bonchev–Trinajstić information content (AvgIpc) is 2.54. The number of aromatic nitrogens is 2. The van der Waals surface area contributed by atoms with Crippen molar-refractivity contribution in [3.05, 3.63) is 22.0 Å². The highest BCUT2D eigenvalue weighted by Crippen LogP contribution is 2.42. The molecule has 7 heteroatoms. The van der Waals surface area contributed by atoms with Gasteiger partial charge in [-0.15, -0.1) is 0 Å². The number of carbonyl (C=O) groups excluding carboxylic acids is 1. The molecule has 1 amide bonds. The van der Waals surface area contributed by atoms with Crippen LogP contribution in [0.5, 0.6) is 5.88 Å². The molecule has 1 aromatic heterocycles. The van der Waals surface area contributed by atoms with Crippen LogP contribution in [-0.4, -0.2) is 29.0 Å². The third-order valence-electron chi connectivity index (χ3n) is 5.17. The minimum absolute atomic E-state index is 0.0409. The zero-order chi connectivity index (χ0) is 17.1. The molecule has 2 N–H and O–H groups in total. The molecule has 1 aromatic rings. The highest BCUT2D eigenvalue weighted by molar-refractivity contribution is 5.77. The van der Waals surface area contributed by atoms with E-state index < -0.39 is 17.4 Å². The second kappa shape index (κ2) is 7.32. The number of hydrogen-bond donors (Lipinski definition) is 2. The second-order valence-electron chi connectivity index (χ2n) is 7.11. The van der Waals surface area contributed by atoms with Gasteiger partial charge in [-0.2, -0.15) is 9.37 Å². The Kier molecular flexibility index (Phi) is 5.16. The predicted octanol–water partition coefficient (Wildman–Crippen LogP) is 1.93. The molecule has 2 bridgehead atoms. The summed E-state index contributed by atoms with van der Waals surface area (Å²) >= 11 is 0. The van der Waals surface area contributed by atoms with E-state index in [1.807, 2.05) is 0 Å². The Balaban J connectivity index is 1.46. The van der Waals surface area contributed by atoms with Gasteiger partial charge in [0.15, 0.2) is 6.61 Å². The number of hydrogen-bond acceptors (Lipinski definition) is 4. The summed E-state index contributed by atoms with van der Waals surface area (Å²) in [4.78, 5) is 28.8. The first-order valence-corrected chi connectivity index (χ1v) is 8.67. The largest absolute Gasteiger partial charge is 0.465 e. The molecule has 2 saturated carbocycles. The first-order valence-electron chi connectivity index (χ1n) is 8.67. The Hall–Kier alpha value is -1.92. The minimum atomic E-state index is -0.748. The van der Waals surface area contributed by atoms with Crippen LogP contribution in [0.4, 0.5) is 4.39 Å². The molecule has 6 nitrogen and oxygen atoms in total. The lowest BCUT2D eigenvalue weighted by Crippen LogP contribution is -2.37. The third-order valence-corrected chi connectivity index (χ3v) is 5.17. The van der Waals surface area contributed by atoms with Crippen molar-refractivity contribution >= 4 is 5.91 Å². The summed E-state index contributed by atoms with van der Waals surface area (Å²) in [5.74, 6) is 0.654. The smallest absolute Gasteiger partial charge is 0.348 e. The summed E-state index contributed by atoms with van der Waals surface area (Å²) in [5.41, 5.74) is -0.655. The average molecular weight is 337 g/mol. The fraction of sp³-hybridized carbons (Fsp3) is 0.706. The highest BCUT2D eigenvalue weighted by Gasteiger charge is 2.31. The highest BCUT2D eigenvalue weighted by atomic mass is 19.1. The van der Waals surface area contributed by atoms with E-state index in [1.54, 1.807) is 0 Å². The van der Waals surface area contributed by atoms with Crippen molar-refractivity contribution in [2.45, 2.75) is 45.4 Å². The third kappa shape index (κ3) is 4.13. The predicted molar refractivity (Wildman–Crippen MR) is 86.2 cm³/mol. The van der Waals surface area contributed by atoms with E-state index in [2.05, 4.69) is 15.3 Å². The van der Waals surface area contributed by atoms with Gasteiger partial charge in [-0.25, -0.2) is 4.79 Å². The van der Waals surface area contributed by atoms with Crippen LogP contribution < -0.4 is 15.7 Å². The van der Waals surface area contributed by atoms with E-state index >= 15 is 0 Å². The number of H-pyrrole nitrogens is 1. The van der Waals surface area contributed by atoms with Gasteiger partial charge < -0.3 is 15.0 Å². The van der Waals surface area contributed by atoms with Gasteiger partial charge in [-0.3, -0.25) is 4.79 Å². The van der Waals surface area contributed by atoms with Gasteiger partial charge in [0.05, 0.1) is 5.69 Å². The number of nitrogens with one attached hydrogen (secondary N) is 2. The molecule has 0 aliphatic heterocycles. The minimum Gasteiger partial charge on any atom is -0.465 e. The summed E-state index contributed by atoms with van der Waals surface area (Å²) in [6.45, 7) is 1.71. The molecule has 24 heavy (non-hydrogen) atoms. The first kappa shape index (κ1) is 16.9. The normalized spacial score (nSPS) is 26.0. The van der Waals surface area contributed by atoms with Crippen molar-refractivity contribution in [2.75, 3.05) is 13.2 Å². The molecule has 3 rings (SSSR count). The fourth-order valence-corrected chi connectivity index (χ4v) is 4.12. The fourth-order valence-electron chi connectivity index (χ4n) is 4.12. The number of fused-ring (bicyclic) bond motifs is 2. The van der Waals surface area contributed by atoms with Crippen LogP contribution in [0, 0.1) is 30.5 Å². The Morgan fingerprint density at radius 1 is 1.33 bits per heavy atom. The summed E-state index contributed by atoms with van der Waals surface area (Å²) in [6, 6.07) is 0. The van der Waals surface area contributed by atoms with Gasteiger partial charge in [0, 0.05) is 6.54 Å². The number of nitrogens with zero attached hydrogens (tertiary/aromatic N) is 1. The van der Waals surface area contributed by atoms with Crippen molar-refractivity contribution in [2.24, 2.45) is 17.8 Å². The summed E-state index contributed by atoms with van der Waals surface area (Å²) in [7, 11) is 0. The maximum atomic E-state index is 13.8. The Labute approximate surface area is 140 Å². The van der Waals surface area contributed by atoms with E-state index in [0.29, 0.717) is 12.5 Å². The molecule has 0 aromatic carbocycles. The number of amides is 1. The van der Waals surface area contributed by atoms with Gasteiger partial charge in [-0.05, 0) is 43.9 Å². The molecular formula is C17H24FN3O3. The van der Waals surface area contributed by atoms with Crippen LogP contribution in [0.25, 0.3) is 0 Å². The SMILES string of the molecule is Cc1[nH]c(=O)nc(OCC(=O)NCC2CC3CCCC(C3)C2)c1F. The molecule has 0 spiro atoms. The summed E-state index contributed by atoms with van der Waals surface area (Å²) < 4.78 is 18.8. The number of carbonyl (C=O) groups is 1. The summed E-state index contributed by atoms with van der Waals surface area (Å²) in [5, 5.41) is 2.86. The molecule has 0 saturated heterocycles. The van der Waals surface area contributed by atoms with Crippen LogP contribution in [-0.2, 0) is 4.79 Å². The maximum absolute atomic E-state index is 13.8. The molecule has 2 atom stereocenters. The standard InChI is InChI=1S/C17H24FN3O3/c1-10-15(18)16(21-17(23)20-10)24-9-14(22)19-8-13-6-11-3-2-4-12(5-11)7-13/h11-13H,2-9H2,1H3,(H,19,22)(H,20,21,23). The quantitative estimate of drug-likeness (QED) is 0.860. The number of rotatable bonds is 5. The van der Waals surface area contributed by atoms with E-state index in [0.717, 1.165) is 11.8 Å². The van der Waals surface area contributed by atoms with Gasteiger partial charge in [-0.1, -0.05) is 19.3 Å². The number of halogens is 1. The zero-order valence-corrected chi connectivity index (χ0v) is 13.9. The molecule has 2 fully saturated rings. The monoisotopic (exact) mass is 337 g/mol. The summed E-state index contributed by atoms with van der Waals surface area (Å²) in [6.07, 6.45) is 7.69. The van der Waals surface area contributed by atoms with E-state index in [4.69, 9.17) is 4.74 Å². The van der Waals surface area contributed by atoms with E-state index in [9.17, 15) is 14.0 Å². The molecular weight excluding hydrogens is 313 g/mol. The Morgan fingerprint density at radius 2 is 2.04 bits per heavy atom. The number of ether oxygens (including phenoxy) is 1. The van der Waals surface area contributed by atoms with E-state index in [-0.39, 0.29) is 18.2 Å². The van der Waals surface area contributed by atoms with E-state index in [1.165, 1.54) is 45.4 Å². The topological polar surface area (TPSA) is 84.1 Å². The number of aryl methyl sites for hydroxylation is 1. The Bertz CT molecular complexity index is 649. The molecule has 2 aliphatic carbocycles. The maximum Gasteiger partial charge on any atom is 0.348 e. The number of aromatic amines is 1. The lowest BCUT2D eigenvalue weighted by molar-refractivity contribution is -0.123. The van der Waals surface area contributed by atoms with Crippen molar-refractivity contribution < 1.29 is 13.9 Å². The first-order chi connectivity index (χ1) is 11.5. The lowest BCUT2D eigenvalue weighted by Gasteiger charge is -2.39. The van der Waals surface area contributed by atoms with Crippen LogP contribution in [0.1, 0.15) is 44.2 Å². The van der Waals surface area contributed by atoms with Crippen LogP contribution in [0.15, 0.2) is 4.79 Å². The van der Waals surface area contributed by atoms with Crippen molar-refractivity contribution in [3.8, 4) is 5.88 Å². The van der Waals surface area contributed by atoms with Crippen molar-refractivity contribution in [1.82, 2.24) is 15.3 Å². The molecule has 2 aliphatic rings.